The van der Waals surface area contributed by atoms with Crippen molar-refractivity contribution in [2.75, 3.05) is 19.7 Å². The first-order valence-electron chi connectivity index (χ1n) is 30.0. The fourth-order valence-electron chi connectivity index (χ4n) is 9.21. The van der Waals surface area contributed by atoms with Crippen molar-refractivity contribution in [3.63, 3.8) is 0 Å². The van der Waals surface area contributed by atoms with E-state index in [-0.39, 0.29) is 37.6 Å². The molecule has 0 bridgehead atoms. The predicted octanol–water partition coefficient (Wildman–Crippen LogP) is -4.87. The third-order valence-electron chi connectivity index (χ3n) is 14.8. The Hall–Kier alpha value is -7.46. The molecule has 2 rings (SSSR count). The van der Waals surface area contributed by atoms with E-state index in [4.69, 9.17) is 20.9 Å². The number of nitrogens with two attached hydrogens (primary N) is 2. The van der Waals surface area contributed by atoms with Gasteiger partial charge in [0.1, 0.15) is 72.7 Å². The van der Waals surface area contributed by atoms with Gasteiger partial charge in [-0.25, -0.2) is 4.79 Å². The zero-order valence-corrected chi connectivity index (χ0v) is 52.7. The highest BCUT2D eigenvalue weighted by molar-refractivity contribution is 5.98. The zero-order chi connectivity index (χ0) is 68.3. The van der Waals surface area contributed by atoms with Crippen LogP contribution < -0.4 is 64.6 Å². The molecule has 0 aliphatic carbocycles. The number of carboxylic acids is 2. The van der Waals surface area contributed by atoms with Crippen LogP contribution in [0.15, 0.2) is 30.3 Å². The molecule has 1 aromatic rings. The molecule has 1 saturated heterocycles. The molecule has 1 fully saturated rings. The summed E-state index contributed by atoms with van der Waals surface area (Å²) in [5, 5.41) is 86.3. The van der Waals surface area contributed by atoms with Gasteiger partial charge in [0.25, 0.3) is 0 Å². The fourth-order valence-corrected chi connectivity index (χ4v) is 9.21. The van der Waals surface area contributed by atoms with Crippen LogP contribution in [0.25, 0.3) is 0 Å². The Morgan fingerprint density at radius 1 is 0.644 bits per heavy atom. The smallest absolute Gasteiger partial charge is 0.326 e. The quantitative estimate of drug-likeness (QED) is 0.0275. The monoisotopic (exact) mass is 1280 g/mol. The van der Waals surface area contributed by atoms with Crippen molar-refractivity contribution in [1.82, 2.24) is 53.2 Å². The molecule has 508 valence electrons. The van der Waals surface area contributed by atoms with Gasteiger partial charge in [0.15, 0.2) is 6.29 Å². The summed E-state index contributed by atoms with van der Waals surface area (Å²) in [6.07, 6.45) is -10.7. The lowest BCUT2D eigenvalue weighted by Gasteiger charge is -2.43. The maximum atomic E-state index is 14.8. The van der Waals surface area contributed by atoms with Crippen LogP contribution in [-0.4, -0.2) is 219 Å². The van der Waals surface area contributed by atoms with Gasteiger partial charge in [-0.1, -0.05) is 78.3 Å². The van der Waals surface area contributed by atoms with E-state index in [1.165, 1.54) is 20.8 Å². The number of rotatable bonds is 39. The Kier molecular flexibility index (Phi) is 34.0. The fraction of sp³-hybridized carbons (Fsp3) is 0.690. The number of aliphatic carboxylic acids is 2. The summed E-state index contributed by atoms with van der Waals surface area (Å²) < 4.78 is 11.8. The van der Waals surface area contributed by atoms with Crippen LogP contribution in [0, 0.1) is 17.8 Å². The largest absolute Gasteiger partial charge is 0.481 e. The molecule has 0 radical (unpaired) electrons. The lowest BCUT2D eigenvalue weighted by molar-refractivity contribution is -0.281. The second-order valence-electron chi connectivity index (χ2n) is 23.3. The van der Waals surface area contributed by atoms with Gasteiger partial charge in [0, 0.05) is 19.8 Å². The van der Waals surface area contributed by atoms with E-state index >= 15 is 0 Å². The second kappa shape index (κ2) is 38.9. The van der Waals surface area contributed by atoms with E-state index in [9.17, 15) is 88.2 Å². The van der Waals surface area contributed by atoms with Gasteiger partial charge < -0.3 is 105 Å². The number of aliphatic hydroxyl groups is 4. The molecular weight excluding hydrogens is 1180 g/mol. The maximum Gasteiger partial charge on any atom is 0.326 e. The number of ether oxygens (including phenoxy) is 2. The lowest BCUT2D eigenvalue weighted by atomic mass is 9.96. The summed E-state index contributed by atoms with van der Waals surface area (Å²) in [4.78, 5) is 161. The van der Waals surface area contributed by atoms with Crippen LogP contribution in [0.5, 0.6) is 0 Å². The molecule has 1 aliphatic heterocycles. The number of unbranched alkanes of at least 4 members (excludes halogenated alkanes) is 1. The van der Waals surface area contributed by atoms with Crippen molar-refractivity contribution in [1.29, 1.82) is 0 Å². The van der Waals surface area contributed by atoms with Crippen molar-refractivity contribution < 1.29 is 97.6 Å². The highest BCUT2D eigenvalue weighted by atomic mass is 16.7. The first-order valence-corrected chi connectivity index (χ1v) is 30.0. The number of hydrogen-bond donors (Lipinski definition) is 18. The third kappa shape index (κ3) is 26.2. The molecule has 20 N–H and O–H groups in total. The van der Waals surface area contributed by atoms with E-state index in [1.807, 2.05) is 0 Å². The van der Waals surface area contributed by atoms with E-state index < -0.39 is 200 Å². The number of carboxylic acid groups (broad SMARTS) is 2. The molecule has 0 saturated carbocycles. The molecule has 17 atom stereocenters. The summed E-state index contributed by atoms with van der Waals surface area (Å²) in [6, 6.07) is -7.13. The van der Waals surface area contributed by atoms with Crippen molar-refractivity contribution in [3.8, 4) is 0 Å². The van der Waals surface area contributed by atoms with Gasteiger partial charge in [0.2, 0.25) is 59.1 Å². The summed E-state index contributed by atoms with van der Waals surface area (Å²) in [7, 11) is 0. The average molecular weight is 1280 g/mol. The zero-order valence-electron chi connectivity index (χ0n) is 52.7. The van der Waals surface area contributed by atoms with E-state index in [2.05, 4.69) is 53.2 Å². The summed E-state index contributed by atoms with van der Waals surface area (Å²) >= 11 is 0. The minimum absolute atomic E-state index is 0.0261. The Balaban J connectivity index is 2.62. The van der Waals surface area contributed by atoms with Gasteiger partial charge in [-0.3, -0.25) is 52.7 Å². The minimum atomic E-state index is -2.04. The molecule has 32 heteroatoms. The van der Waals surface area contributed by atoms with Gasteiger partial charge in [-0.05, 0) is 82.7 Å². The van der Waals surface area contributed by atoms with Crippen molar-refractivity contribution in [2.24, 2.45) is 29.2 Å². The normalized spacial score (nSPS) is 20.4. The molecule has 0 aromatic heterocycles. The van der Waals surface area contributed by atoms with Gasteiger partial charge in [-0.2, -0.15) is 0 Å². The topological polar surface area (TPSA) is 517 Å². The first-order chi connectivity index (χ1) is 42.2. The molecular formula is C58H96N12O20. The van der Waals surface area contributed by atoms with Crippen LogP contribution in [0.4, 0.5) is 0 Å². The van der Waals surface area contributed by atoms with Crippen molar-refractivity contribution >= 4 is 71.0 Å². The predicted molar refractivity (Wildman–Crippen MR) is 321 cm³/mol. The maximum absolute atomic E-state index is 14.8. The van der Waals surface area contributed by atoms with Gasteiger partial charge in [-0.15, -0.1) is 0 Å². The Morgan fingerprint density at radius 2 is 1.21 bits per heavy atom. The molecule has 1 aromatic carbocycles. The summed E-state index contributed by atoms with van der Waals surface area (Å²) in [5.74, 6) is -13.5. The SMILES string of the molecule is CC[C@H](C)[C@H](NC(=O)[C@@H](N)C(C)C)C(=O)N[C@H](C(=O)N[C@@H](C)C(=O)N[C@@H](Cc1ccccc1)C(=O)N[C@H](C(=O)N[C@@H](CCC(=O)O)C(=O)NCC(=O)N[C@@H](CC(C)C)C(=O)N[C@@H](CCCCN)C(=O)O)[C@@H](C)O[C@@H]1O[C@H](CO)[C@@H](O)[C@H](O)[C@H]1NC(C)=O)[C@@H](C)O. The number of amides is 10. The number of benzene rings is 1. The van der Waals surface area contributed by atoms with Gasteiger partial charge in [0.05, 0.1) is 31.4 Å². The molecule has 0 spiro atoms. The average Bonchev–Trinajstić information content (AvgIpc) is 0.913. The van der Waals surface area contributed by atoms with Crippen LogP contribution in [0.3, 0.4) is 0 Å². The van der Waals surface area contributed by atoms with E-state index in [0.29, 0.717) is 24.8 Å². The van der Waals surface area contributed by atoms with Crippen LogP contribution in [-0.2, 0) is 73.4 Å². The number of hydrogen-bond acceptors (Lipinski definition) is 20. The van der Waals surface area contributed by atoms with E-state index in [0.717, 1.165) is 6.92 Å². The highest BCUT2D eigenvalue weighted by Crippen LogP contribution is 2.24. The number of carbonyl (C=O) groups excluding carboxylic acids is 10. The molecule has 1 heterocycles. The molecule has 90 heavy (non-hydrogen) atoms. The third-order valence-corrected chi connectivity index (χ3v) is 14.8. The molecule has 1 aliphatic rings. The molecule has 10 amide bonds. The minimum Gasteiger partial charge on any atom is -0.481 e. The Morgan fingerprint density at radius 3 is 1.76 bits per heavy atom. The molecule has 32 nitrogen and oxygen atoms in total. The van der Waals surface area contributed by atoms with Crippen LogP contribution in [0.1, 0.15) is 120 Å². The lowest BCUT2D eigenvalue weighted by Crippen LogP contribution is -2.66. The summed E-state index contributed by atoms with van der Waals surface area (Å²) in [6.45, 7) is 13.5. The first kappa shape index (κ1) is 78.6. The second-order valence-corrected chi connectivity index (χ2v) is 23.3. The van der Waals surface area contributed by atoms with Crippen molar-refractivity contribution in [3.05, 3.63) is 35.9 Å². The van der Waals surface area contributed by atoms with Crippen LogP contribution in [0.2, 0.25) is 0 Å². The molecule has 0 unspecified atom stereocenters. The van der Waals surface area contributed by atoms with Crippen molar-refractivity contribution in [2.45, 2.75) is 218 Å². The number of nitrogens with one attached hydrogen (secondary N) is 10. The Labute approximate surface area is 523 Å². The summed E-state index contributed by atoms with van der Waals surface area (Å²) in [5.41, 5.74) is 12.0. The number of carbonyl (C=O) groups is 12. The Bertz CT molecular complexity index is 2560. The van der Waals surface area contributed by atoms with E-state index in [1.54, 1.807) is 71.9 Å². The highest BCUT2D eigenvalue weighted by Gasteiger charge is 2.47. The van der Waals surface area contributed by atoms with Crippen LogP contribution >= 0.6 is 0 Å². The standard InChI is InChI=1S/C58H96N12O20/c1-11-29(6)43(68-53(83)42(60)28(4)5)54(84)69-44(31(8)72)55(85)62-30(7)49(79)67-38(24-34-17-13-12-14-18-34)52(82)70-45(32(9)89-58-46(63-33(10)73)48(78)47(77)39(26-71)90-58)56(86)65-35(20-21-41(75)76)50(80)61-25-40(74)64-37(23-27(2)3)51(81)66-36(57(87)88)19-15-16-22-59/h12-14,17-18,27-32,35-39,42-48,58,71-72,77-78H,11,15-16,19-26,59-60H2,1-10H3,(H,61,80)(H,62,85)(H,63,73)(H,64,74)(H,65,86)(H,66,81)(H,67,79)(H,68,83)(H,69,84)(H,70,82)(H,75,76)(H,87,88)/t29-,30-,31+,32+,35-,36-,37-,38-,39+,42-,43-,44-,45-,46+,47+,48+,58+/m0/s1. The number of aliphatic hydroxyl groups excluding tert-OH is 4. The van der Waals surface area contributed by atoms with Gasteiger partial charge >= 0.3 is 11.9 Å².